The minimum atomic E-state index is -3.90. The molecule has 1 amide bonds. The average Bonchev–Trinajstić information content (AvgIpc) is 2.87. The van der Waals surface area contributed by atoms with E-state index in [2.05, 4.69) is 10.3 Å². The van der Waals surface area contributed by atoms with Gasteiger partial charge in [0.2, 0.25) is 15.9 Å². The SMILES string of the molecule is CCc1cccc(NC(=O)CSc2nc3c(OC)cccc3c(=O)n2-c2ccc(S(N)(=O)=O)cc2)c1. The highest BCUT2D eigenvalue weighted by Crippen LogP contribution is 2.27. The summed E-state index contributed by atoms with van der Waals surface area (Å²) < 4.78 is 30.0. The number of para-hydroxylation sites is 1. The standard InChI is InChI=1S/C25H24N4O5S2/c1-3-16-6-4-7-17(14-16)27-22(30)15-35-25-28-23-20(8-5-9-21(23)34-2)24(31)29(25)18-10-12-19(13-11-18)36(26,32)33/h4-14H,3,15H2,1-2H3,(H,27,30)(H2,26,32,33). The summed E-state index contributed by atoms with van der Waals surface area (Å²) in [5.41, 5.74) is 2.13. The number of nitrogens with zero attached hydrogens (tertiary/aromatic N) is 2. The summed E-state index contributed by atoms with van der Waals surface area (Å²) in [7, 11) is -2.41. The van der Waals surface area contributed by atoms with Crippen molar-refractivity contribution in [2.75, 3.05) is 18.2 Å². The van der Waals surface area contributed by atoms with Gasteiger partial charge >= 0.3 is 0 Å². The number of primary sulfonamides is 1. The fraction of sp³-hybridized carbons (Fsp3) is 0.160. The Morgan fingerprint density at radius 3 is 2.50 bits per heavy atom. The second kappa shape index (κ2) is 10.5. The zero-order valence-electron chi connectivity index (χ0n) is 19.6. The lowest BCUT2D eigenvalue weighted by Gasteiger charge is -2.15. The highest BCUT2D eigenvalue weighted by molar-refractivity contribution is 7.99. The van der Waals surface area contributed by atoms with E-state index >= 15 is 0 Å². The van der Waals surface area contributed by atoms with E-state index < -0.39 is 10.0 Å². The van der Waals surface area contributed by atoms with E-state index in [4.69, 9.17) is 9.88 Å². The van der Waals surface area contributed by atoms with Crippen molar-refractivity contribution < 1.29 is 17.9 Å². The molecule has 0 saturated carbocycles. The highest BCUT2D eigenvalue weighted by atomic mass is 32.2. The van der Waals surface area contributed by atoms with Crippen molar-refractivity contribution in [2.45, 2.75) is 23.4 Å². The summed E-state index contributed by atoms with van der Waals surface area (Å²) in [6.07, 6.45) is 0.845. The molecule has 186 valence electrons. The van der Waals surface area contributed by atoms with Gasteiger partial charge in [-0.05, 0) is 60.5 Å². The topological polar surface area (TPSA) is 133 Å². The molecule has 0 fully saturated rings. The Morgan fingerprint density at radius 2 is 1.83 bits per heavy atom. The van der Waals surface area contributed by atoms with Crippen molar-refractivity contribution in [3.05, 3.63) is 82.6 Å². The molecule has 0 unspecified atom stereocenters. The molecule has 11 heteroatoms. The molecule has 0 aliphatic carbocycles. The van der Waals surface area contributed by atoms with Crippen molar-refractivity contribution in [1.82, 2.24) is 9.55 Å². The minimum absolute atomic E-state index is 0.0152. The van der Waals surface area contributed by atoms with Gasteiger partial charge in [0.15, 0.2) is 5.16 Å². The highest BCUT2D eigenvalue weighted by Gasteiger charge is 2.18. The van der Waals surface area contributed by atoms with Gasteiger partial charge in [-0.3, -0.25) is 14.2 Å². The molecule has 0 atom stereocenters. The van der Waals surface area contributed by atoms with Gasteiger partial charge in [-0.15, -0.1) is 0 Å². The van der Waals surface area contributed by atoms with E-state index in [1.165, 1.54) is 35.9 Å². The second-order valence-electron chi connectivity index (χ2n) is 7.82. The zero-order chi connectivity index (χ0) is 25.9. The molecular weight excluding hydrogens is 500 g/mol. The van der Waals surface area contributed by atoms with E-state index in [0.717, 1.165) is 23.7 Å². The molecule has 0 spiro atoms. The molecule has 3 aromatic carbocycles. The number of hydrogen-bond acceptors (Lipinski definition) is 7. The van der Waals surface area contributed by atoms with Gasteiger partial charge in [-0.2, -0.15) is 0 Å². The first kappa shape index (κ1) is 25.4. The van der Waals surface area contributed by atoms with Crippen molar-refractivity contribution >= 4 is 44.3 Å². The van der Waals surface area contributed by atoms with E-state index in [-0.39, 0.29) is 27.3 Å². The number of aryl methyl sites for hydroxylation is 1. The Hall–Kier alpha value is -3.67. The van der Waals surface area contributed by atoms with Crippen LogP contribution in [0.5, 0.6) is 5.75 Å². The van der Waals surface area contributed by atoms with E-state index in [1.54, 1.807) is 18.2 Å². The Balaban J connectivity index is 1.73. The summed E-state index contributed by atoms with van der Waals surface area (Å²) >= 11 is 1.08. The predicted octanol–water partition coefficient (Wildman–Crippen LogP) is 3.33. The molecule has 4 rings (SSSR count). The molecule has 1 heterocycles. The van der Waals surface area contributed by atoms with Crippen LogP contribution in [0.15, 0.2) is 81.6 Å². The minimum Gasteiger partial charge on any atom is -0.494 e. The number of methoxy groups -OCH3 is 1. The number of anilines is 1. The third-order valence-corrected chi connectivity index (χ3v) is 7.29. The van der Waals surface area contributed by atoms with Crippen LogP contribution in [0.1, 0.15) is 12.5 Å². The first-order chi connectivity index (χ1) is 17.2. The fourth-order valence-electron chi connectivity index (χ4n) is 3.63. The van der Waals surface area contributed by atoms with Crippen LogP contribution < -0.4 is 20.8 Å². The number of aromatic nitrogens is 2. The van der Waals surface area contributed by atoms with Gasteiger partial charge in [0, 0.05) is 5.69 Å². The van der Waals surface area contributed by atoms with Crippen LogP contribution in [0.2, 0.25) is 0 Å². The van der Waals surface area contributed by atoms with Crippen LogP contribution >= 0.6 is 11.8 Å². The lowest BCUT2D eigenvalue weighted by atomic mass is 10.1. The van der Waals surface area contributed by atoms with Crippen molar-refractivity contribution in [3.8, 4) is 11.4 Å². The maximum atomic E-state index is 13.5. The summed E-state index contributed by atoms with van der Waals surface area (Å²) in [5, 5.41) is 8.63. The summed E-state index contributed by atoms with van der Waals surface area (Å²) in [6, 6.07) is 18.1. The molecule has 0 aliphatic rings. The maximum Gasteiger partial charge on any atom is 0.266 e. The quantitative estimate of drug-likeness (QED) is 0.267. The number of amides is 1. The molecule has 0 bridgehead atoms. The predicted molar refractivity (Wildman–Crippen MR) is 140 cm³/mol. The average molecular weight is 525 g/mol. The molecule has 9 nitrogen and oxygen atoms in total. The van der Waals surface area contributed by atoms with Gasteiger partial charge in [-0.25, -0.2) is 18.5 Å². The number of fused-ring (bicyclic) bond motifs is 1. The molecule has 36 heavy (non-hydrogen) atoms. The van der Waals surface area contributed by atoms with E-state index in [9.17, 15) is 18.0 Å². The van der Waals surface area contributed by atoms with Crippen molar-refractivity contribution in [1.29, 1.82) is 0 Å². The molecule has 0 radical (unpaired) electrons. The monoisotopic (exact) mass is 524 g/mol. The van der Waals surface area contributed by atoms with Crippen LogP contribution in [-0.4, -0.2) is 36.7 Å². The van der Waals surface area contributed by atoms with Crippen LogP contribution in [0.25, 0.3) is 16.6 Å². The number of thioether (sulfide) groups is 1. The fourth-order valence-corrected chi connectivity index (χ4v) is 4.95. The molecular formula is C25H24N4O5S2. The van der Waals surface area contributed by atoms with Gasteiger partial charge in [-0.1, -0.05) is 36.9 Å². The smallest absolute Gasteiger partial charge is 0.266 e. The van der Waals surface area contributed by atoms with Crippen LogP contribution in [0.3, 0.4) is 0 Å². The Labute approximate surface area is 212 Å². The number of ether oxygens (including phenoxy) is 1. The van der Waals surface area contributed by atoms with Gasteiger partial charge in [0.05, 0.1) is 28.8 Å². The Morgan fingerprint density at radius 1 is 1.11 bits per heavy atom. The molecule has 4 aromatic rings. The van der Waals surface area contributed by atoms with Crippen LogP contribution in [-0.2, 0) is 21.2 Å². The third kappa shape index (κ3) is 5.43. The zero-order valence-corrected chi connectivity index (χ0v) is 21.2. The Kier molecular flexibility index (Phi) is 7.43. The van der Waals surface area contributed by atoms with Gasteiger partial charge in [0.25, 0.3) is 5.56 Å². The number of rotatable bonds is 8. The summed E-state index contributed by atoms with van der Waals surface area (Å²) in [5.74, 6) is 0.140. The lowest BCUT2D eigenvalue weighted by molar-refractivity contribution is -0.113. The molecule has 3 N–H and O–H groups in total. The number of hydrogen-bond donors (Lipinski definition) is 2. The van der Waals surface area contributed by atoms with Crippen LogP contribution in [0.4, 0.5) is 5.69 Å². The van der Waals surface area contributed by atoms with E-state index in [0.29, 0.717) is 28.0 Å². The third-order valence-electron chi connectivity index (χ3n) is 5.43. The Bertz CT molecular complexity index is 1600. The number of nitrogens with one attached hydrogen (secondary N) is 1. The number of benzene rings is 3. The maximum absolute atomic E-state index is 13.5. The first-order valence-electron chi connectivity index (χ1n) is 11.0. The molecule has 1 aromatic heterocycles. The lowest BCUT2D eigenvalue weighted by Crippen LogP contribution is -2.23. The summed E-state index contributed by atoms with van der Waals surface area (Å²) in [6.45, 7) is 2.03. The molecule has 0 aliphatic heterocycles. The number of carbonyl (C=O) groups excluding carboxylic acids is 1. The number of sulfonamides is 1. The van der Waals surface area contributed by atoms with Crippen LogP contribution in [0, 0.1) is 0 Å². The largest absolute Gasteiger partial charge is 0.494 e. The van der Waals surface area contributed by atoms with Crippen molar-refractivity contribution in [2.24, 2.45) is 5.14 Å². The van der Waals surface area contributed by atoms with Crippen molar-refractivity contribution in [3.63, 3.8) is 0 Å². The molecule has 0 saturated heterocycles. The first-order valence-corrected chi connectivity index (χ1v) is 13.5. The van der Waals surface area contributed by atoms with Gasteiger partial charge < -0.3 is 10.1 Å². The van der Waals surface area contributed by atoms with E-state index in [1.807, 2.05) is 31.2 Å². The number of carbonyl (C=O) groups is 1. The second-order valence-corrected chi connectivity index (χ2v) is 10.3. The summed E-state index contributed by atoms with van der Waals surface area (Å²) in [4.78, 5) is 30.8. The van der Waals surface area contributed by atoms with Gasteiger partial charge in [0.1, 0.15) is 11.3 Å². The number of nitrogens with two attached hydrogens (primary N) is 1. The normalized spacial score (nSPS) is 11.4.